The molecule has 0 spiro atoms. The normalized spacial score (nSPS) is 17.9. The van der Waals surface area contributed by atoms with Gasteiger partial charge in [-0.1, -0.05) is 19.1 Å². The summed E-state index contributed by atoms with van der Waals surface area (Å²) in [4.78, 5) is 26.5. The fourth-order valence-corrected chi connectivity index (χ4v) is 3.76. The molecule has 31 heavy (non-hydrogen) atoms. The van der Waals surface area contributed by atoms with Crippen LogP contribution in [0.5, 0.6) is 5.75 Å². The van der Waals surface area contributed by atoms with E-state index in [1.165, 1.54) is 18.2 Å². The number of nitrogens with zero attached hydrogens (tertiary/aromatic N) is 1. The largest absolute Gasteiger partial charge is 0.573 e. The Kier molecular flexibility index (Phi) is 9.00. The molecular formula is C22H31F3N2O4. The molecule has 6 nitrogen and oxygen atoms in total. The zero-order chi connectivity index (χ0) is 23.0. The third-order valence-electron chi connectivity index (χ3n) is 5.16. The second-order valence-corrected chi connectivity index (χ2v) is 8.13. The lowest BCUT2D eigenvalue weighted by atomic mass is 9.90. The molecule has 1 N–H and O–H groups in total. The molecule has 174 valence electrons. The summed E-state index contributed by atoms with van der Waals surface area (Å²) in [5, 5.41) is 2.65. The molecule has 1 aromatic rings. The monoisotopic (exact) mass is 444 g/mol. The Bertz CT molecular complexity index is 740. The van der Waals surface area contributed by atoms with E-state index in [1.54, 1.807) is 24.8 Å². The number of alkyl halides is 3. The maximum absolute atomic E-state index is 13.0. The number of piperidine rings is 1. The van der Waals surface area contributed by atoms with Gasteiger partial charge in [0.25, 0.3) is 0 Å². The number of nitrogens with one attached hydrogen (secondary N) is 1. The molecule has 0 aliphatic carbocycles. The minimum Gasteiger partial charge on any atom is -0.447 e. The molecule has 1 heterocycles. The van der Waals surface area contributed by atoms with Crippen molar-refractivity contribution in [3.8, 4) is 5.75 Å². The van der Waals surface area contributed by atoms with E-state index in [0.717, 1.165) is 18.4 Å². The lowest BCUT2D eigenvalue weighted by Crippen LogP contribution is -2.46. The van der Waals surface area contributed by atoms with Crippen molar-refractivity contribution in [1.29, 1.82) is 0 Å². The molecule has 2 amide bonds. The Morgan fingerprint density at radius 3 is 2.68 bits per heavy atom. The molecule has 0 saturated carbocycles. The first-order valence-corrected chi connectivity index (χ1v) is 10.6. The van der Waals surface area contributed by atoms with E-state index in [9.17, 15) is 22.8 Å². The number of likely N-dealkylation sites (tertiary alicyclic amines) is 1. The molecule has 1 saturated heterocycles. The van der Waals surface area contributed by atoms with Gasteiger partial charge >= 0.3 is 12.5 Å². The number of carbonyl (C=O) groups is 2. The Balaban J connectivity index is 1.92. The van der Waals surface area contributed by atoms with Crippen LogP contribution in [0.25, 0.3) is 0 Å². The van der Waals surface area contributed by atoms with Crippen molar-refractivity contribution in [2.24, 2.45) is 11.8 Å². The van der Waals surface area contributed by atoms with Gasteiger partial charge in [-0.25, -0.2) is 4.79 Å². The summed E-state index contributed by atoms with van der Waals surface area (Å²) in [7, 11) is 0. The SMILES string of the molecule is CC[C@H](CNC(=O)OC(C)C)C(=O)N1CCC[C@@H](Cc2cccc(OC(F)(F)F)c2)C1. The van der Waals surface area contributed by atoms with Crippen molar-refractivity contribution in [3.05, 3.63) is 29.8 Å². The molecule has 2 atom stereocenters. The van der Waals surface area contributed by atoms with Crippen molar-refractivity contribution in [1.82, 2.24) is 10.2 Å². The summed E-state index contributed by atoms with van der Waals surface area (Å²) in [5.41, 5.74) is 0.742. The van der Waals surface area contributed by atoms with Gasteiger partial charge < -0.3 is 19.7 Å². The second kappa shape index (κ2) is 11.2. The Morgan fingerprint density at radius 1 is 1.29 bits per heavy atom. The van der Waals surface area contributed by atoms with E-state index in [0.29, 0.717) is 25.9 Å². The molecule has 1 aliphatic heterocycles. The lowest BCUT2D eigenvalue weighted by Gasteiger charge is -2.35. The molecule has 0 unspecified atom stereocenters. The van der Waals surface area contributed by atoms with Crippen LogP contribution in [0.1, 0.15) is 45.6 Å². The number of benzene rings is 1. The highest BCUT2D eigenvalue weighted by Crippen LogP contribution is 2.27. The average molecular weight is 444 g/mol. The van der Waals surface area contributed by atoms with Crippen molar-refractivity contribution >= 4 is 12.0 Å². The maximum Gasteiger partial charge on any atom is 0.573 e. The van der Waals surface area contributed by atoms with Gasteiger partial charge in [-0.2, -0.15) is 0 Å². The number of carbonyl (C=O) groups excluding carboxylic acids is 2. The van der Waals surface area contributed by atoms with E-state index in [2.05, 4.69) is 10.1 Å². The highest BCUT2D eigenvalue weighted by Gasteiger charge is 2.31. The summed E-state index contributed by atoms with van der Waals surface area (Å²) >= 11 is 0. The molecule has 1 aliphatic rings. The first-order chi connectivity index (χ1) is 14.6. The van der Waals surface area contributed by atoms with E-state index >= 15 is 0 Å². The molecule has 1 fully saturated rings. The third-order valence-corrected chi connectivity index (χ3v) is 5.16. The standard InChI is InChI=1S/C22H31F3N2O4/c1-4-18(13-26-21(29)30-15(2)3)20(28)27-10-6-8-17(14-27)11-16-7-5-9-19(12-16)31-22(23,24)25/h5,7,9,12,15,17-18H,4,6,8,10-11,13-14H2,1-3H3,(H,26,29)/t17-,18+/m0/s1. The Morgan fingerprint density at radius 2 is 2.03 bits per heavy atom. The fourth-order valence-electron chi connectivity index (χ4n) is 3.76. The number of amides is 2. The van der Waals surface area contributed by atoms with E-state index in [1.807, 2.05) is 6.92 Å². The van der Waals surface area contributed by atoms with Crippen LogP contribution in [0.4, 0.5) is 18.0 Å². The highest BCUT2D eigenvalue weighted by molar-refractivity contribution is 5.80. The molecule has 0 bridgehead atoms. The first kappa shape index (κ1) is 24.8. The van der Waals surface area contributed by atoms with Gasteiger partial charge in [0.15, 0.2) is 0 Å². The number of ether oxygens (including phenoxy) is 2. The fraction of sp³-hybridized carbons (Fsp3) is 0.636. The van der Waals surface area contributed by atoms with Crippen LogP contribution in [0.15, 0.2) is 24.3 Å². The smallest absolute Gasteiger partial charge is 0.447 e. The zero-order valence-corrected chi connectivity index (χ0v) is 18.2. The third kappa shape index (κ3) is 8.67. The van der Waals surface area contributed by atoms with Gasteiger partial charge in [0, 0.05) is 19.6 Å². The predicted octanol–water partition coefficient (Wildman–Crippen LogP) is 4.53. The molecule has 0 aromatic heterocycles. The lowest BCUT2D eigenvalue weighted by molar-refractivity contribution is -0.274. The average Bonchev–Trinajstić information content (AvgIpc) is 2.67. The van der Waals surface area contributed by atoms with Gasteiger partial charge in [-0.05, 0) is 63.1 Å². The van der Waals surface area contributed by atoms with Gasteiger partial charge in [-0.15, -0.1) is 13.2 Å². The summed E-state index contributed by atoms with van der Waals surface area (Å²) in [6.45, 7) is 6.78. The molecule has 0 radical (unpaired) electrons. The van der Waals surface area contributed by atoms with Gasteiger partial charge in [0.2, 0.25) is 5.91 Å². The van der Waals surface area contributed by atoms with E-state index in [4.69, 9.17) is 4.74 Å². The van der Waals surface area contributed by atoms with Crippen LogP contribution >= 0.6 is 0 Å². The van der Waals surface area contributed by atoms with Crippen LogP contribution in [-0.4, -0.2) is 49.0 Å². The molecule has 2 rings (SSSR count). The summed E-state index contributed by atoms with van der Waals surface area (Å²) in [5.74, 6) is -0.456. The number of hydrogen-bond donors (Lipinski definition) is 1. The topological polar surface area (TPSA) is 67.9 Å². The molecule has 9 heteroatoms. The van der Waals surface area contributed by atoms with Crippen LogP contribution in [-0.2, 0) is 16.0 Å². The van der Waals surface area contributed by atoms with Crippen molar-refractivity contribution in [2.75, 3.05) is 19.6 Å². The number of alkyl carbamates (subject to hydrolysis) is 1. The van der Waals surface area contributed by atoms with Crippen molar-refractivity contribution in [2.45, 2.75) is 58.9 Å². The van der Waals surface area contributed by atoms with Crippen LogP contribution < -0.4 is 10.1 Å². The number of halogens is 3. The molecular weight excluding hydrogens is 413 g/mol. The quantitative estimate of drug-likeness (QED) is 0.640. The number of rotatable bonds is 8. The van der Waals surface area contributed by atoms with Gasteiger partial charge in [-0.3, -0.25) is 4.79 Å². The van der Waals surface area contributed by atoms with Crippen molar-refractivity contribution < 1.29 is 32.2 Å². The Labute approximate surface area is 181 Å². The second-order valence-electron chi connectivity index (χ2n) is 8.13. The Hall–Kier alpha value is -2.45. The van der Waals surface area contributed by atoms with Gasteiger partial charge in [0.1, 0.15) is 5.75 Å². The first-order valence-electron chi connectivity index (χ1n) is 10.6. The van der Waals surface area contributed by atoms with Gasteiger partial charge in [0.05, 0.1) is 12.0 Å². The summed E-state index contributed by atoms with van der Waals surface area (Å²) in [6.07, 6.45) is -2.64. The summed E-state index contributed by atoms with van der Waals surface area (Å²) in [6, 6.07) is 5.98. The van der Waals surface area contributed by atoms with Crippen molar-refractivity contribution in [3.63, 3.8) is 0 Å². The predicted molar refractivity (Wildman–Crippen MR) is 110 cm³/mol. The summed E-state index contributed by atoms with van der Waals surface area (Å²) < 4.78 is 46.4. The zero-order valence-electron chi connectivity index (χ0n) is 18.2. The van der Waals surface area contributed by atoms with E-state index < -0.39 is 12.5 Å². The molecule has 1 aromatic carbocycles. The van der Waals surface area contributed by atoms with E-state index in [-0.39, 0.29) is 36.1 Å². The minimum absolute atomic E-state index is 0.0220. The van der Waals surface area contributed by atoms with Crippen LogP contribution in [0.2, 0.25) is 0 Å². The minimum atomic E-state index is -4.72. The highest BCUT2D eigenvalue weighted by atomic mass is 19.4. The van der Waals surface area contributed by atoms with Crippen LogP contribution in [0, 0.1) is 11.8 Å². The van der Waals surface area contributed by atoms with Crippen LogP contribution in [0.3, 0.4) is 0 Å². The number of hydrogen-bond acceptors (Lipinski definition) is 4. The maximum atomic E-state index is 13.0.